The summed E-state index contributed by atoms with van der Waals surface area (Å²) in [5.74, 6) is 0.824. The number of thiazole rings is 1. The van der Waals surface area contributed by atoms with E-state index in [0.29, 0.717) is 0 Å². The number of halogens is 1. The fourth-order valence-electron chi connectivity index (χ4n) is 1.70. The number of anilines is 2. The molecular weight excluding hydrogens is 310 g/mol. The number of hydrogen-bond donors (Lipinski definition) is 1. The van der Waals surface area contributed by atoms with E-state index in [-0.39, 0.29) is 0 Å². The Bertz CT molecular complexity index is 708. The van der Waals surface area contributed by atoms with Crippen LogP contribution in [-0.2, 0) is 0 Å². The summed E-state index contributed by atoms with van der Waals surface area (Å²) in [6.45, 7) is 2.02. The lowest BCUT2D eigenvalue weighted by molar-refractivity contribution is 1.24. The van der Waals surface area contributed by atoms with Crippen LogP contribution < -0.4 is 5.32 Å². The van der Waals surface area contributed by atoms with Gasteiger partial charge in [-0.2, -0.15) is 0 Å². The van der Waals surface area contributed by atoms with Crippen molar-refractivity contribution in [3.8, 4) is 0 Å². The van der Waals surface area contributed by atoms with E-state index in [1.54, 1.807) is 11.3 Å². The van der Waals surface area contributed by atoms with Crippen molar-refractivity contribution in [1.82, 2.24) is 9.97 Å². The largest absolute Gasteiger partial charge is 0.339 e. The monoisotopic (exact) mass is 319 g/mol. The summed E-state index contributed by atoms with van der Waals surface area (Å²) in [6, 6.07) is 8.15. The molecule has 3 nitrogen and oxygen atoms in total. The van der Waals surface area contributed by atoms with Crippen LogP contribution in [0.5, 0.6) is 0 Å². The molecule has 0 aliphatic heterocycles. The van der Waals surface area contributed by atoms with Crippen molar-refractivity contribution >= 4 is 49.0 Å². The molecule has 0 unspecified atom stereocenters. The number of nitrogens with one attached hydrogen (secondary N) is 1. The molecule has 0 aliphatic carbocycles. The molecule has 0 aliphatic rings. The fraction of sp³-hybridized carbons (Fsp3) is 0.0769. The Labute approximate surface area is 117 Å². The fourth-order valence-corrected chi connectivity index (χ4v) is 2.97. The Kier molecular flexibility index (Phi) is 3.01. The van der Waals surface area contributed by atoms with E-state index in [1.165, 1.54) is 4.70 Å². The van der Waals surface area contributed by atoms with Gasteiger partial charge in [0.25, 0.3) is 0 Å². The minimum atomic E-state index is 0.824. The molecule has 90 valence electrons. The molecule has 0 saturated carbocycles. The van der Waals surface area contributed by atoms with Gasteiger partial charge in [0.15, 0.2) is 0 Å². The quantitative estimate of drug-likeness (QED) is 0.755. The van der Waals surface area contributed by atoms with Crippen LogP contribution in [0.3, 0.4) is 0 Å². The van der Waals surface area contributed by atoms with Crippen LogP contribution in [0.1, 0.15) is 5.56 Å². The molecule has 0 radical (unpaired) electrons. The Balaban J connectivity index is 1.95. The standard InChI is InChI=1S/C13H10BrN3S/c1-8-4-10(14)13(15-6-8)17-9-2-3-11-12(5-9)18-7-16-11/h2-7H,1H3,(H,15,17). The summed E-state index contributed by atoms with van der Waals surface area (Å²) in [7, 11) is 0. The number of nitrogens with zero attached hydrogens (tertiary/aromatic N) is 2. The van der Waals surface area contributed by atoms with Crippen molar-refractivity contribution < 1.29 is 0 Å². The van der Waals surface area contributed by atoms with Crippen LogP contribution in [0.4, 0.5) is 11.5 Å². The van der Waals surface area contributed by atoms with Crippen molar-refractivity contribution in [2.24, 2.45) is 0 Å². The average molecular weight is 320 g/mol. The first-order chi connectivity index (χ1) is 8.72. The topological polar surface area (TPSA) is 37.8 Å². The lowest BCUT2D eigenvalue weighted by Gasteiger charge is -2.08. The number of aryl methyl sites for hydroxylation is 1. The first-order valence-corrected chi connectivity index (χ1v) is 7.12. The molecule has 0 bridgehead atoms. The van der Waals surface area contributed by atoms with Gasteiger partial charge in [-0.25, -0.2) is 9.97 Å². The van der Waals surface area contributed by atoms with Crippen LogP contribution in [-0.4, -0.2) is 9.97 Å². The minimum absolute atomic E-state index is 0.824. The molecular formula is C13H10BrN3S. The molecule has 0 spiro atoms. The van der Waals surface area contributed by atoms with Crippen LogP contribution in [0.2, 0.25) is 0 Å². The highest BCUT2D eigenvalue weighted by atomic mass is 79.9. The van der Waals surface area contributed by atoms with Crippen molar-refractivity contribution in [3.05, 3.63) is 46.0 Å². The number of rotatable bonds is 2. The summed E-state index contributed by atoms with van der Waals surface area (Å²) >= 11 is 5.15. The molecule has 0 atom stereocenters. The third kappa shape index (κ3) is 2.23. The van der Waals surface area contributed by atoms with Crippen LogP contribution in [0.15, 0.2) is 40.4 Å². The predicted octanol–water partition coefficient (Wildman–Crippen LogP) is 4.51. The van der Waals surface area contributed by atoms with Crippen molar-refractivity contribution in [2.75, 3.05) is 5.32 Å². The molecule has 0 fully saturated rings. The van der Waals surface area contributed by atoms with E-state index in [9.17, 15) is 0 Å². The van der Waals surface area contributed by atoms with E-state index in [1.807, 2.05) is 36.8 Å². The number of pyridine rings is 1. The third-order valence-corrected chi connectivity index (χ3v) is 3.97. The first-order valence-electron chi connectivity index (χ1n) is 5.45. The summed E-state index contributed by atoms with van der Waals surface area (Å²) in [5.41, 5.74) is 5.03. The second-order valence-electron chi connectivity index (χ2n) is 4.00. The molecule has 5 heteroatoms. The highest BCUT2D eigenvalue weighted by Gasteiger charge is 2.04. The molecule has 1 N–H and O–H groups in total. The smallest absolute Gasteiger partial charge is 0.144 e. The molecule has 18 heavy (non-hydrogen) atoms. The highest BCUT2D eigenvalue weighted by Crippen LogP contribution is 2.27. The predicted molar refractivity (Wildman–Crippen MR) is 79.6 cm³/mol. The van der Waals surface area contributed by atoms with Gasteiger partial charge in [0.2, 0.25) is 0 Å². The zero-order chi connectivity index (χ0) is 12.5. The highest BCUT2D eigenvalue weighted by molar-refractivity contribution is 9.10. The zero-order valence-corrected chi connectivity index (χ0v) is 12.0. The maximum absolute atomic E-state index is 4.37. The van der Waals surface area contributed by atoms with E-state index in [4.69, 9.17) is 0 Å². The van der Waals surface area contributed by atoms with Gasteiger partial charge in [0, 0.05) is 11.9 Å². The molecule has 3 rings (SSSR count). The van der Waals surface area contributed by atoms with Crippen molar-refractivity contribution in [1.29, 1.82) is 0 Å². The van der Waals surface area contributed by atoms with Gasteiger partial charge in [-0.3, -0.25) is 0 Å². The molecule has 2 heterocycles. The van der Waals surface area contributed by atoms with Crippen LogP contribution in [0.25, 0.3) is 10.2 Å². The number of benzene rings is 1. The van der Waals surface area contributed by atoms with Gasteiger partial charge in [-0.05, 0) is 52.7 Å². The Hall–Kier alpha value is -1.46. The van der Waals surface area contributed by atoms with Gasteiger partial charge in [0.05, 0.1) is 20.2 Å². The van der Waals surface area contributed by atoms with Crippen LogP contribution >= 0.6 is 27.3 Å². The minimum Gasteiger partial charge on any atom is -0.339 e. The lowest BCUT2D eigenvalue weighted by atomic mass is 10.3. The van der Waals surface area contributed by atoms with E-state index >= 15 is 0 Å². The van der Waals surface area contributed by atoms with E-state index in [2.05, 4.69) is 37.3 Å². The molecule has 3 aromatic rings. The summed E-state index contributed by atoms with van der Waals surface area (Å²) in [6.07, 6.45) is 1.85. The second-order valence-corrected chi connectivity index (χ2v) is 5.74. The van der Waals surface area contributed by atoms with Gasteiger partial charge in [-0.15, -0.1) is 11.3 Å². The Morgan fingerprint density at radius 2 is 2.11 bits per heavy atom. The number of hydrogen-bond acceptors (Lipinski definition) is 4. The zero-order valence-electron chi connectivity index (χ0n) is 9.64. The van der Waals surface area contributed by atoms with Gasteiger partial charge >= 0.3 is 0 Å². The average Bonchev–Trinajstić information content (AvgIpc) is 2.80. The van der Waals surface area contributed by atoms with Crippen molar-refractivity contribution in [3.63, 3.8) is 0 Å². The van der Waals surface area contributed by atoms with Crippen LogP contribution in [0, 0.1) is 6.92 Å². The lowest BCUT2D eigenvalue weighted by Crippen LogP contribution is -1.94. The molecule has 0 amide bonds. The normalized spacial score (nSPS) is 10.8. The van der Waals surface area contributed by atoms with Gasteiger partial charge < -0.3 is 5.32 Å². The van der Waals surface area contributed by atoms with E-state index < -0.39 is 0 Å². The summed E-state index contributed by atoms with van der Waals surface area (Å²) in [4.78, 5) is 8.63. The maximum Gasteiger partial charge on any atom is 0.144 e. The van der Waals surface area contributed by atoms with Gasteiger partial charge in [-0.1, -0.05) is 0 Å². The summed E-state index contributed by atoms with van der Waals surface area (Å²) in [5, 5.41) is 3.30. The molecule has 1 aromatic carbocycles. The molecule has 0 saturated heterocycles. The van der Waals surface area contributed by atoms with Gasteiger partial charge in [0.1, 0.15) is 5.82 Å². The van der Waals surface area contributed by atoms with E-state index in [0.717, 1.165) is 27.1 Å². The third-order valence-electron chi connectivity index (χ3n) is 2.57. The van der Waals surface area contributed by atoms with Crippen molar-refractivity contribution in [2.45, 2.75) is 6.92 Å². The Morgan fingerprint density at radius 3 is 2.94 bits per heavy atom. The number of fused-ring (bicyclic) bond motifs is 1. The number of aromatic nitrogens is 2. The molecule has 2 aromatic heterocycles. The first kappa shape index (κ1) is 11.6. The maximum atomic E-state index is 4.37. The Morgan fingerprint density at radius 1 is 1.22 bits per heavy atom. The summed E-state index contributed by atoms with van der Waals surface area (Å²) < 4.78 is 2.13. The second kappa shape index (κ2) is 4.66. The SMILES string of the molecule is Cc1cnc(Nc2ccc3ncsc3c2)c(Br)c1.